The fourth-order valence-electron chi connectivity index (χ4n) is 3.55. The lowest BCUT2D eigenvalue weighted by molar-refractivity contribution is 0.654. The number of anilines is 2. The summed E-state index contributed by atoms with van der Waals surface area (Å²) < 4.78 is 0. The molecule has 0 fully saturated rings. The molecule has 1 aliphatic rings. The number of fused-ring (bicyclic) bond motifs is 2. The Kier molecular flexibility index (Phi) is 5.24. The van der Waals surface area contributed by atoms with E-state index in [0.29, 0.717) is 10.8 Å². The van der Waals surface area contributed by atoms with Crippen molar-refractivity contribution in [3.63, 3.8) is 0 Å². The lowest BCUT2D eigenvalue weighted by atomic mass is 10.0. The summed E-state index contributed by atoms with van der Waals surface area (Å²) >= 11 is 9.34. The Balaban J connectivity index is 1.44. The highest BCUT2D eigenvalue weighted by molar-refractivity contribution is 7.99. The molecule has 5 rings (SSSR count). The molecule has 4 aromatic rings. The van der Waals surface area contributed by atoms with E-state index in [1.807, 2.05) is 18.2 Å². The Morgan fingerprint density at radius 3 is 2.90 bits per heavy atom. The molecule has 0 aliphatic carbocycles. The topological polar surface area (TPSA) is 94.0 Å². The first kappa shape index (κ1) is 19.6. The molecule has 4 N–H and O–H groups in total. The van der Waals surface area contributed by atoms with Crippen LogP contribution in [0.5, 0.6) is 0 Å². The number of halogens is 1. The monoisotopic (exact) mass is 454 g/mol. The molecule has 30 heavy (non-hydrogen) atoms. The van der Waals surface area contributed by atoms with Crippen LogP contribution in [0.1, 0.15) is 23.6 Å². The maximum Gasteiger partial charge on any atom is 0.188 e. The molecule has 9 heteroatoms. The van der Waals surface area contributed by atoms with Crippen LogP contribution in [-0.2, 0) is 6.54 Å². The second-order valence-corrected chi connectivity index (χ2v) is 9.49. The Labute approximate surface area is 187 Å². The van der Waals surface area contributed by atoms with Crippen LogP contribution in [0.3, 0.4) is 0 Å². The molecule has 0 saturated carbocycles. The highest BCUT2D eigenvalue weighted by Gasteiger charge is 2.22. The number of benzene rings is 1. The van der Waals surface area contributed by atoms with Gasteiger partial charge in [-0.1, -0.05) is 59.0 Å². The van der Waals surface area contributed by atoms with Crippen LogP contribution in [0.2, 0.25) is 5.02 Å². The van der Waals surface area contributed by atoms with E-state index in [0.717, 1.165) is 44.9 Å². The summed E-state index contributed by atoms with van der Waals surface area (Å²) in [6, 6.07) is 14.2. The van der Waals surface area contributed by atoms with Crippen molar-refractivity contribution in [2.45, 2.75) is 28.9 Å². The predicted molar refractivity (Wildman–Crippen MR) is 124 cm³/mol. The smallest absolute Gasteiger partial charge is 0.188 e. The van der Waals surface area contributed by atoms with E-state index in [-0.39, 0.29) is 6.04 Å². The van der Waals surface area contributed by atoms with Crippen molar-refractivity contribution in [2.75, 3.05) is 17.2 Å². The summed E-state index contributed by atoms with van der Waals surface area (Å²) in [6.45, 7) is 1.67. The van der Waals surface area contributed by atoms with Gasteiger partial charge >= 0.3 is 0 Å². The maximum atomic E-state index is 6.39. The van der Waals surface area contributed by atoms with Gasteiger partial charge in [-0.05, 0) is 35.7 Å². The molecule has 0 bridgehead atoms. The molecule has 1 aromatic carbocycles. The standard InChI is InChI=1S/C21H19ClN6S2/c22-18-16(7-9-25-19(18)24)29-17-6-5-15-20(27-17)30-21(26-15)28-10-8-14(23)13-4-2-1-3-12(13)11-28/h1-7,9,14H,8,10-11,23H2,(H2,24,25)/t14-/m0/s1. The number of thiazole rings is 1. The molecule has 0 saturated heterocycles. The Bertz CT molecular complexity index is 1230. The minimum Gasteiger partial charge on any atom is -0.382 e. The molecule has 1 atom stereocenters. The van der Waals surface area contributed by atoms with Gasteiger partial charge in [-0.2, -0.15) is 0 Å². The minimum atomic E-state index is 0.0549. The molecule has 0 amide bonds. The number of aromatic nitrogens is 3. The maximum absolute atomic E-state index is 6.39. The normalized spacial score (nSPS) is 16.5. The molecular formula is C21H19ClN6S2. The van der Waals surface area contributed by atoms with E-state index in [1.165, 1.54) is 22.9 Å². The van der Waals surface area contributed by atoms with Gasteiger partial charge in [0.15, 0.2) is 5.13 Å². The zero-order valence-electron chi connectivity index (χ0n) is 16.0. The SMILES string of the molecule is Nc1nccc(Sc2ccc3nc(N4CC[C@H](N)c5ccccc5C4)sc3n2)c1Cl. The predicted octanol–water partition coefficient (Wildman–Crippen LogP) is 4.88. The summed E-state index contributed by atoms with van der Waals surface area (Å²) in [6.07, 6.45) is 2.54. The average Bonchev–Trinajstić information content (AvgIpc) is 3.10. The zero-order chi connectivity index (χ0) is 20.7. The molecule has 1 aliphatic heterocycles. The van der Waals surface area contributed by atoms with Gasteiger partial charge in [-0.15, -0.1) is 0 Å². The summed E-state index contributed by atoms with van der Waals surface area (Å²) in [5.41, 5.74) is 15.6. The summed E-state index contributed by atoms with van der Waals surface area (Å²) in [5.74, 6) is 0.322. The molecular weight excluding hydrogens is 436 g/mol. The number of rotatable bonds is 3. The van der Waals surface area contributed by atoms with Crippen LogP contribution in [-0.4, -0.2) is 21.5 Å². The number of hydrogen-bond acceptors (Lipinski definition) is 8. The third-order valence-electron chi connectivity index (χ3n) is 5.11. The largest absolute Gasteiger partial charge is 0.382 e. The zero-order valence-corrected chi connectivity index (χ0v) is 18.3. The van der Waals surface area contributed by atoms with Gasteiger partial charge in [0, 0.05) is 30.2 Å². The van der Waals surface area contributed by atoms with E-state index in [4.69, 9.17) is 33.0 Å². The Hall–Kier alpha value is -2.39. The van der Waals surface area contributed by atoms with Crippen molar-refractivity contribution in [2.24, 2.45) is 5.73 Å². The van der Waals surface area contributed by atoms with Crippen molar-refractivity contribution in [1.82, 2.24) is 15.0 Å². The summed E-state index contributed by atoms with van der Waals surface area (Å²) in [4.78, 5) is 17.7. The van der Waals surface area contributed by atoms with E-state index < -0.39 is 0 Å². The average molecular weight is 455 g/mol. The van der Waals surface area contributed by atoms with E-state index >= 15 is 0 Å². The third kappa shape index (κ3) is 3.72. The van der Waals surface area contributed by atoms with Crippen molar-refractivity contribution in [1.29, 1.82) is 0 Å². The molecule has 152 valence electrons. The van der Waals surface area contributed by atoms with Crippen LogP contribution in [0.4, 0.5) is 10.9 Å². The molecule has 0 radical (unpaired) electrons. The highest BCUT2D eigenvalue weighted by Crippen LogP contribution is 2.37. The van der Waals surface area contributed by atoms with Gasteiger partial charge in [0.1, 0.15) is 21.2 Å². The van der Waals surface area contributed by atoms with Crippen LogP contribution in [0.25, 0.3) is 10.3 Å². The van der Waals surface area contributed by atoms with Crippen molar-refractivity contribution < 1.29 is 0 Å². The number of hydrogen-bond donors (Lipinski definition) is 2. The van der Waals surface area contributed by atoms with Crippen molar-refractivity contribution in [3.8, 4) is 0 Å². The van der Waals surface area contributed by atoms with E-state index in [9.17, 15) is 0 Å². The second-order valence-electron chi connectivity index (χ2n) is 7.10. The van der Waals surface area contributed by atoms with Gasteiger partial charge < -0.3 is 16.4 Å². The molecule has 3 aromatic heterocycles. The third-order valence-corrected chi connectivity index (χ3v) is 7.64. The van der Waals surface area contributed by atoms with Crippen LogP contribution < -0.4 is 16.4 Å². The number of pyridine rings is 2. The minimum absolute atomic E-state index is 0.0549. The molecule has 0 unspecified atom stereocenters. The first-order valence-corrected chi connectivity index (χ1v) is 11.5. The number of nitrogen functional groups attached to an aromatic ring is 1. The van der Waals surface area contributed by atoms with Crippen molar-refractivity contribution >= 4 is 56.0 Å². The summed E-state index contributed by atoms with van der Waals surface area (Å²) in [5, 5.41) is 2.26. The lowest BCUT2D eigenvalue weighted by Crippen LogP contribution is -2.23. The van der Waals surface area contributed by atoms with Gasteiger partial charge in [0.05, 0.1) is 5.02 Å². The van der Waals surface area contributed by atoms with Gasteiger partial charge in [-0.3, -0.25) is 0 Å². The fraction of sp³-hybridized carbons (Fsp3) is 0.190. The van der Waals surface area contributed by atoms with Gasteiger partial charge in [0.2, 0.25) is 0 Å². The Morgan fingerprint density at radius 2 is 2.00 bits per heavy atom. The number of nitrogens with zero attached hydrogens (tertiary/aromatic N) is 4. The van der Waals surface area contributed by atoms with Crippen molar-refractivity contribution in [3.05, 3.63) is 64.8 Å². The van der Waals surface area contributed by atoms with Gasteiger partial charge in [-0.25, -0.2) is 15.0 Å². The Morgan fingerprint density at radius 1 is 1.13 bits per heavy atom. The fourth-order valence-corrected chi connectivity index (χ4v) is 5.62. The van der Waals surface area contributed by atoms with Crippen LogP contribution >= 0.6 is 34.7 Å². The van der Waals surface area contributed by atoms with E-state index in [2.05, 4.69) is 34.1 Å². The van der Waals surface area contributed by atoms with E-state index in [1.54, 1.807) is 17.5 Å². The van der Waals surface area contributed by atoms with Crippen LogP contribution in [0, 0.1) is 0 Å². The molecule has 0 spiro atoms. The summed E-state index contributed by atoms with van der Waals surface area (Å²) in [7, 11) is 0. The molecule has 6 nitrogen and oxygen atoms in total. The van der Waals surface area contributed by atoms with Crippen LogP contribution in [0.15, 0.2) is 58.6 Å². The lowest BCUT2D eigenvalue weighted by Gasteiger charge is -2.19. The number of nitrogens with two attached hydrogens (primary N) is 2. The second kappa shape index (κ2) is 8.03. The first-order chi connectivity index (χ1) is 14.6. The highest BCUT2D eigenvalue weighted by atomic mass is 35.5. The molecule has 4 heterocycles. The van der Waals surface area contributed by atoms with Gasteiger partial charge in [0.25, 0.3) is 0 Å². The quantitative estimate of drug-likeness (QED) is 0.455. The first-order valence-electron chi connectivity index (χ1n) is 9.52.